The highest BCUT2D eigenvalue weighted by molar-refractivity contribution is 5.93. The van der Waals surface area contributed by atoms with Crippen molar-refractivity contribution in [2.24, 2.45) is 5.92 Å². The number of amides is 1. The van der Waals surface area contributed by atoms with E-state index in [0.717, 1.165) is 12.8 Å². The molecular formula is C11H11FNO. The third-order valence-corrected chi connectivity index (χ3v) is 2.38. The molecule has 0 spiro atoms. The van der Waals surface area contributed by atoms with Crippen molar-refractivity contribution >= 4 is 11.6 Å². The van der Waals surface area contributed by atoms with E-state index >= 15 is 0 Å². The molecule has 3 heteroatoms. The van der Waals surface area contributed by atoms with Crippen molar-refractivity contribution in [3.8, 4) is 0 Å². The second kappa shape index (κ2) is 3.78. The highest BCUT2D eigenvalue weighted by atomic mass is 19.1. The highest BCUT2D eigenvalue weighted by Crippen LogP contribution is 2.26. The number of hydrogen-bond donors (Lipinski definition) is 1. The summed E-state index contributed by atoms with van der Waals surface area (Å²) in [7, 11) is 0. The Bertz CT molecular complexity index is 330. The largest absolute Gasteiger partial charge is 0.326 e. The summed E-state index contributed by atoms with van der Waals surface area (Å²) in [6.07, 6.45) is 3.79. The molecule has 2 rings (SSSR count). The smallest absolute Gasteiger partial charge is 0.227 e. The Morgan fingerprint density at radius 2 is 1.93 bits per heavy atom. The quantitative estimate of drug-likeness (QED) is 0.765. The molecule has 0 aliphatic heterocycles. The van der Waals surface area contributed by atoms with Crippen molar-refractivity contribution in [2.75, 3.05) is 5.32 Å². The lowest BCUT2D eigenvalue weighted by molar-refractivity contribution is -0.121. The third kappa shape index (κ3) is 1.92. The molecule has 1 N–H and O–H groups in total. The van der Waals surface area contributed by atoms with E-state index in [-0.39, 0.29) is 17.6 Å². The molecule has 1 aliphatic carbocycles. The molecule has 14 heavy (non-hydrogen) atoms. The molecule has 2 nitrogen and oxygen atoms in total. The van der Waals surface area contributed by atoms with E-state index < -0.39 is 0 Å². The van der Waals surface area contributed by atoms with Gasteiger partial charge in [0.2, 0.25) is 5.91 Å². The van der Waals surface area contributed by atoms with E-state index in [0.29, 0.717) is 5.69 Å². The van der Waals surface area contributed by atoms with Crippen molar-refractivity contribution in [1.29, 1.82) is 0 Å². The van der Waals surface area contributed by atoms with E-state index in [1.165, 1.54) is 12.1 Å². The Labute approximate surface area is 82.1 Å². The van der Waals surface area contributed by atoms with E-state index in [1.807, 2.05) is 0 Å². The first-order chi connectivity index (χ1) is 6.75. The predicted octanol–water partition coefficient (Wildman–Crippen LogP) is 2.38. The van der Waals surface area contributed by atoms with Crippen LogP contribution in [0.25, 0.3) is 0 Å². The van der Waals surface area contributed by atoms with Gasteiger partial charge in [-0.15, -0.1) is 0 Å². The Balaban J connectivity index is 1.96. The summed E-state index contributed by atoms with van der Waals surface area (Å²) in [6, 6.07) is 5.80. The molecule has 0 saturated heterocycles. The Morgan fingerprint density at radius 3 is 2.43 bits per heavy atom. The van der Waals surface area contributed by atoms with Crippen LogP contribution in [0.15, 0.2) is 24.3 Å². The van der Waals surface area contributed by atoms with Crippen molar-refractivity contribution in [3.05, 3.63) is 36.5 Å². The molecule has 0 aromatic heterocycles. The number of benzene rings is 1. The molecule has 0 unspecified atom stereocenters. The van der Waals surface area contributed by atoms with Crippen LogP contribution in [0.1, 0.15) is 12.8 Å². The van der Waals surface area contributed by atoms with Gasteiger partial charge < -0.3 is 5.32 Å². The Morgan fingerprint density at radius 1 is 1.29 bits per heavy atom. The van der Waals surface area contributed by atoms with Gasteiger partial charge in [-0.2, -0.15) is 0 Å². The lowest BCUT2D eigenvalue weighted by Crippen LogP contribution is -2.28. The minimum atomic E-state index is -0.292. The number of rotatable bonds is 2. The van der Waals surface area contributed by atoms with Crippen LogP contribution in [0.4, 0.5) is 10.1 Å². The van der Waals surface area contributed by atoms with E-state index in [4.69, 9.17) is 0 Å². The van der Waals surface area contributed by atoms with Gasteiger partial charge >= 0.3 is 0 Å². The fraction of sp³-hybridized carbons (Fsp3) is 0.273. The molecule has 0 heterocycles. The van der Waals surface area contributed by atoms with E-state index in [2.05, 4.69) is 11.7 Å². The number of carbonyl (C=O) groups excluding carboxylic acids is 1. The highest BCUT2D eigenvalue weighted by Gasteiger charge is 2.25. The average molecular weight is 192 g/mol. The van der Waals surface area contributed by atoms with Gasteiger partial charge in [0.05, 0.1) is 0 Å². The predicted molar refractivity (Wildman–Crippen MR) is 52.1 cm³/mol. The Kier molecular flexibility index (Phi) is 2.48. The summed E-state index contributed by atoms with van der Waals surface area (Å²) in [4.78, 5) is 11.5. The van der Waals surface area contributed by atoms with Crippen LogP contribution in [0.2, 0.25) is 0 Å². The van der Waals surface area contributed by atoms with Crippen LogP contribution < -0.4 is 5.32 Å². The minimum absolute atomic E-state index is 0.0270. The lowest BCUT2D eigenvalue weighted by Gasteiger charge is -2.23. The van der Waals surface area contributed by atoms with Gasteiger partial charge in [-0.1, -0.05) is 0 Å². The number of halogens is 1. The Hall–Kier alpha value is -1.38. The monoisotopic (exact) mass is 192 g/mol. The zero-order valence-electron chi connectivity index (χ0n) is 7.66. The number of anilines is 1. The standard InChI is InChI=1S/C11H11FNO/c12-9-4-6-10(7-5-9)13-11(14)8-2-1-3-8/h1,4-8H,2-3H2,(H,13,14). The first kappa shape index (κ1) is 9.19. The minimum Gasteiger partial charge on any atom is -0.326 e. The summed E-state index contributed by atoms with van der Waals surface area (Å²) < 4.78 is 12.5. The topological polar surface area (TPSA) is 29.1 Å². The molecule has 1 aromatic rings. The van der Waals surface area contributed by atoms with Crippen LogP contribution in [0.3, 0.4) is 0 Å². The van der Waals surface area contributed by atoms with Crippen molar-refractivity contribution in [1.82, 2.24) is 0 Å². The van der Waals surface area contributed by atoms with E-state index in [1.54, 1.807) is 12.1 Å². The van der Waals surface area contributed by atoms with Gasteiger partial charge in [0.25, 0.3) is 0 Å². The second-order valence-corrected chi connectivity index (χ2v) is 3.45. The molecule has 0 atom stereocenters. The maximum atomic E-state index is 12.5. The zero-order valence-corrected chi connectivity index (χ0v) is 7.66. The maximum Gasteiger partial charge on any atom is 0.227 e. The number of nitrogens with one attached hydrogen (secondary N) is 1. The lowest BCUT2D eigenvalue weighted by atomic mass is 9.85. The molecule has 73 valence electrons. The first-order valence-corrected chi connectivity index (χ1v) is 4.64. The van der Waals surface area contributed by atoms with Gasteiger partial charge in [0.1, 0.15) is 5.82 Å². The average Bonchev–Trinajstić information content (AvgIpc) is 2.06. The van der Waals surface area contributed by atoms with Gasteiger partial charge in [0.15, 0.2) is 0 Å². The van der Waals surface area contributed by atoms with Crippen LogP contribution in [-0.2, 0) is 4.79 Å². The van der Waals surface area contributed by atoms with Gasteiger partial charge in [-0.3, -0.25) is 4.79 Å². The van der Waals surface area contributed by atoms with Gasteiger partial charge in [0, 0.05) is 11.6 Å². The molecule has 1 radical (unpaired) electrons. The molecule has 1 saturated carbocycles. The molecule has 0 bridgehead atoms. The molecular weight excluding hydrogens is 181 g/mol. The molecule has 1 aromatic carbocycles. The number of hydrogen-bond acceptors (Lipinski definition) is 1. The fourth-order valence-electron chi connectivity index (χ4n) is 1.32. The van der Waals surface area contributed by atoms with Crippen molar-refractivity contribution in [3.63, 3.8) is 0 Å². The van der Waals surface area contributed by atoms with Gasteiger partial charge in [-0.05, 0) is 43.5 Å². The van der Waals surface area contributed by atoms with Crippen LogP contribution >= 0.6 is 0 Å². The summed E-state index contributed by atoms with van der Waals surface area (Å²) >= 11 is 0. The second-order valence-electron chi connectivity index (χ2n) is 3.45. The summed E-state index contributed by atoms with van der Waals surface area (Å²) in [5, 5.41) is 2.75. The van der Waals surface area contributed by atoms with Crippen molar-refractivity contribution in [2.45, 2.75) is 12.8 Å². The molecule has 1 fully saturated rings. The normalized spacial score (nSPS) is 16.1. The fourth-order valence-corrected chi connectivity index (χ4v) is 1.32. The van der Waals surface area contributed by atoms with E-state index in [9.17, 15) is 9.18 Å². The van der Waals surface area contributed by atoms with Crippen molar-refractivity contribution < 1.29 is 9.18 Å². The summed E-state index contributed by atoms with van der Waals surface area (Å²) in [6.45, 7) is 0. The third-order valence-electron chi connectivity index (χ3n) is 2.38. The van der Waals surface area contributed by atoms with Crippen LogP contribution in [0, 0.1) is 18.2 Å². The van der Waals surface area contributed by atoms with Gasteiger partial charge in [-0.25, -0.2) is 4.39 Å². The maximum absolute atomic E-state index is 12.5. The SMILES string of the molecule is O=C(Nc1ccc(F)cc1)C1C[CH]C1. The summed E-state index contributed by atoms with van der Waals surface area (Å²) in [5.74, 6) is -0.154. The first-order valence-electron chi connectivity index (χ1n) is 4.64. The molecule has 1 aliphatic rings. The van der Waals surface area contributed by atoms with Crippen LogP contribution in [0.5, 0.6) is 0 Å². The number of carbonyl (C=O) groups is 1. The molecule has 1 amide bonds. The van der Waals surface area contributed by atoms with Crippen LogP contribution in [-0.4, -0.2) is 5.91 Å². The summed E-state index contributed by atoms with van der Waals surface area (Å²) in [5.41, 5.74) is 0.656. The zero-order chi connectivity index (χ0) is 9.97.